The maximum absolute atomic E-state index is 6.42. The zero-order valence-corrected chi connectivity index (χ0v) is 12.4. The van der Waals surface area contributed by atoms with Gasteiger partial charge in [0.2, 0.25) is 0 Å². The Hall–Kier alpha value is -2.51. The van der Waals surface area contributed by atoms with Crippen LogP contribution in [-0.4, -0.2) is 0 Å². The Balaban J connectivity index is 2.18. The van der Waals surface area contributed by atoms with E-state index in [-0.39, 0.29) is 0 Å². The van der Waals surface area contributed by atoms with Crippen LogP contribution in [0.2, 0.25) is 5.02 Å². The standard InChI is InChI=1S/C20H11ClO/c21-16-11-18-20(15-8-4-3-7-14(15)16)19-13-6-2-1-5-12(13)9-10-17(19)22-18/h1-11H. The molecule has 0 amide bonds. The van der Waals surface area contributed by atoms with Gasteiger partial charge in [0.1, 0.15) is 11.2 Å². The minimum atomic E-state index is 0.728. The summed E-state index contributed by atoms with van der Waals surface area (Å²) >= 11 is 6.42. The number of benzene rings is 4. The second-order valence-electron chi connectivity index (χ2n) is 5.54. The lowest BCUT2D eigenvalue weighted by molar-refractivity contribution is 0.669. The van der Waals surface area contributed by atoms with E-state index in [4.69, 9.17) is 16.0 Å². The molecule has 0 N–H and O–H groups in total. The maximum Gasteiger partial charge on any atom is 0.137 e. The minimum absolute atomic E-state index is 0.728. The summed E-state index contributed by atoms with van der Waals surface area (Å²) in [6.45, 7) is 0. The van der Waals surface area contributed by atoms with Crippen molar-refractivity contribution in [1.82, 2.24) is 0 Å². The van der Waals surface area contributed by atoms with Crippen molar-refractivity contribution in [3.05, 3.63) is 71.8 Å². The summed E-state index contributed by atoms with van der Waals surface area (Å²) in [6.07, 6.45) is 0. The summed E-state index contributed by atoms with van der Waals surface area (Å²) < 4.78 is 6.07. The molecule has 2 heteroatoms. The average Bonchev–Trinajstić information content (AvgIpc) is 2.94. The van der Waals surface area contributed by atoms with Crippen LogP contribution in [-0.2, 0) is 0 Å². The highest BCUT2D eigenvalue weighted by Gasteiger charge is 2.14. The van der Waals surface area contributed by atoms with Gasteiger partial charge in [-0.15, -0.1) is 0 Å². The van der Waals surface area contributed by atoms with Crippen LogP contribution >= 0.6 is 11.6 Å². The Labute approximate surface area is 131 Å². The van der Waals surface area contributed by atoms with E-state index in [0.29, 0.717) is 0 Å². The van der Waals surface area contributed by atoms with Crippen LogP contribution in [0.25, 0.3) is 43.5 Å². The molecule has 0 aliphatic rings. The predicted octanol–water partition coefficient (Wildman–Crippen LogP) is 6.55. The number of furan rings is 1. The molecular weight excluding hydrogens is 292 g/mol. The van der Waals surface area contributed by atoms with E-state index in [1.54, 1.807) is 0 Å². The van der Waals surface area contributed by atoms with Crippen molar-refractivity contribution in [2.24, 2.45) is 0 Å². The highest BCUT2D eigenvalue weighted by atomic mass is 35.5. The molecule has 5 rings (SSSR count). The molecule has 4 aromatic carbocycles. The third kappa shape index (κ3) is 1.49. The van der Waals surface area contributed by atoms with Crippen molar-refractivity contribution in [2.45, 2.75) is 0 Å². The third-order valence-corrected chi connectivity index (χ3v) is 4.63. The highest BCUT2D eigenvalue weighted by molar-refractivity contribution is 6.39. The van der Waals surface area contributed by atoms with Crippen LogP contribution in [0.4, 0.5) is 0 Å². The molecular formula is C20H11ClO. The van der Waals surface area contributed by atoms with E-state index in [1.807, 2.05) is 24.3 Å². The smallest absolute Gasteiger partial charge is 0.137 e. The summed E-state index contributed by atoms with van der Waals surface area (Å²) in [7, 11) is 0. The molecule has 104 valence electrons. The Bertz CT molecular complexity index is 1180. The van der Waals surface area contributed by atoms with E-state index in [0.717, 1.165) is 32.3 Å². The molecule has 1 nitrogen and oxygen atoms in total. The Morgan fingerprint density at radius 3 is 2.18 bits per heavy atom. The fourth-order valence-electron chi connectivity index (χ4n) is 3.36. The van der Waals surface area contributed by atoms with Crippen molar-refractivity contribution in [3.63, 3.8) is 0 Å². The molecule has 0 spiro atoms. The fourth-order valence-corrected chi connectivity index (χ4v) is 3.62. The molecule has 0 aliphatic heterocycles. The van der Waals surface area contributed by atoms with Gasteiger partial charge in [-0.3, -0.25) is 0 Å². The van der Waals surface area contributed by atoms with Crippen molar-refractivity contribution in [1.29, 1.82) is 0 Å². The van der Waals surface area contributed by atoms with E-state index in [2.05, 4.69) is 42.5 Å². The first kappa shape index (κ1) is 12.1. The molecule has 0 radical (unpaired) electrons. The van der Waals surface area contributed by atoms with Crippen molar-refractivity contribution in [3.8, 4) is 0 Å². The summed E-state index contributed by atoms with van der Waals surface area (Å²) in [6, 6.07) is 22.7. The van der Waals surface area contributed by atoms with Crippen molar-refractivity contribution >= 4 is 55.1 Å². The number of halogens is 1. The molecule has 0 saturated heterocycles. The fraction of sp³-hybridized carbons (Fsp3) is 0. The van der Waals surface area contributed by atoms with E-state index in [9.17, 15) is 0 Å². The lowest BCUT2D eigenvalue weighted by Gasteiger charge is -2.03. The Morgan fingerprint density at radius 1 is 0.636 bits per heavy atom. The predicted molar refractivity (Wildman–Crippen MR) is 93.7 cm³/mol. The molecule has 1 heterocycles. The molecule has 22 heavy (non-hydrogen) atoms. The van der Waals surface area contributed by atoms with Gasteiger partial charge in [0.25, 0.3) is 0 Å². The quantitative estimate of drug-likeness (QED) is 0.316. The topological polar surface area (TPSA) is 13.1 Å². The number of hydrogen-bond acceptors (Lipinski definition) is 1. The number of rotatable bonds is 0. The van der Waals surface area contributed by atoms with Crippen molar-refractivity contribution in [2.75, 3.05) is 0 Å². The molecule has 0 saturated carbocycles. The third-order valence-electron chi connectivity index (χ3n) is 4.32. The van der Waals surface area contributed by atoms with Gasteiger partial charge in [0.05, 0.1) is 5.02 Å². The van der Waals surface area contributed by atoms with E-state index < -0.39 is 0 Å². The van der Waals surface area contributed by atoms with Gasteiger partial charge < -0.3 is 4.42 Å². The molecule has 1 aromatic heterocycles. The monoisotopic (exact) mass is 302 g/mol. The lowest BCUT2D eigenvalue weighted by atomic mass is 10.00. The summed E-state index contributed by atoms with van der Waals surface area (Å²) in [5, 5.41) is 7.68. The van der Waals surface area contributed by atoms with Crippen LogP contribution in [0.15, 0.2) is 71.1 Å². The van der Waals surface area contributed by atoms with Crippen LogP contribution in [0.5, 0.6) is 0 Å². The Morgan fingerprint density at radius 2 is 1.32 bits per heavy atom. The zero-order chi connectivity index (χ0) is 14.7. The second kappa shape index (κ2) is 4.25. The van der Waals surface area contributed by atoms with Gasteiger partial charge >= 0.3 is 0 Å². The van der Waals surface area contributed by atoms with Crippen LogP contribution in [0.3, 0.4) is 0 Å². The molecule has 0 bridgehead atoms. The number of fused-ring (bicyclic) bond motifs is 7. The van der Waals surface area contributed by atoms with Crippen LogP contribution < -0.4 is 0 Å². The second-order valence-corrected chi connectivity index (χ2v) is 5.95. The highest BCUT2D eigenvalue weighted by Crippen LogP contribution is 2.40. The molecule has 0 atom stereocenters. The van der Waals surface area contributed by atoms with Crippen LogP contribution in [0, 0.1) is 0 Å². The van der Waals surface area contributed by atoms with Crippen LogP contribution in [0.1, 0.15) is 0 Å². The first-order chi connectivity index (χ1) is 10.8. The largest absolute Gasteiger partial charge is 0.456 e. The SMILES string of the molecule is Clc1cc2oc3ccc4ccccc4c3c2c2ccccc12. The molecule has 5 aromatic rings. The summed E-state index contributed by atoms with van der Waals surface area (Å²) in [5.74, 6) is 0. The first-order valence-electron chi connectivity index (χ1n) is 7.24. The van der Waals surface area contributed by atoms with E-state index in [1.165, 1.54) is 16.2 Å². The normalized spacial score (nSPS) is 11.9. The van der Waals surface area contributed by atoms with Gasteiger partial charge in [-0.2, -0.15) is 0 Å². The lowest BCUT2D eigenvalue weighted by Crippen LogP contribution is -1.78. The molecule has 0 aliphatic carbocycles. The molecule has 0 unspecified atom stereocenters. The van der Waals surface area contributed by atoms with Gasteiger partial charge in [-0.25, -0.2) is 0 Å². The van der Waals surface area contributed by atoms with Crippen molar-refractivity contribution < 1.29 is 4.42 Å². The molecule has 0 fully saturated rings. The first-order valence-corrected chi connectivity index (χ1v) is 7.62. The van der Waals surface area contributed by atoms with Gasteiger partial charge in [-0.1, -0.05) is 66.2 Å². The average molecular weight is 303 g/mol. The zero-order valence-electron chi connectivity index (χ0n) is 11.6. The minimum Gasteiger partial charge on any atom is -0.456 e. The summed E-state index contributed by atoms with van der Waals surface area (Å²) in [5.41, 5.74) is 1.75. The number of hydrogen-bond donors (Lipinski definition) is 0. The summed E-state index contributed by atoms with van der Waals surface area (Å²) in [4.78, 5) is 0. The van der Waals surface area contributed by atoms with Gasteiger partial charge in [0, 0.05) is 22.2 Å². The Kier molecular flexibility index (Phi) is 2.33. The van der Waals surface area contributed by atoms with E-state index >= 15 is 0 Å². The van der Waals surface area contributed by atoms with Gasteiger partial charge in [-0.05, 0) is 22.2 Å². The van der Waals surface area contributed by atoms with Gasteiger partial charge in [0.15, 0.2) is 0 Å². The maximum atomic E-state index is 6.42.